The highest BCUT2D eigenvalue weighted by Crippen LogP contribution is 2.30. The SMILES string of the molecule is Cc1oc(C)c(-c2nc(C(N)CN3CCCC3)no2)c1C. The molecule has 2 N–H and O–H groups in total. The van der Waals surface area contributed by atoms with Gasteiger partial charge in [-0.15, -0.1) is 0 Å². The number of aryl methyl sites for hydroxylation is 2. The number of hydrogen-bond acceptors (Lipinski definition) is 6. The van der Waals surface area contributed by atoms with Crippen LogP contribution in [-0.2, 0) is 0 Å². The molecule has 6 heteroatoms. The van der Waals surface area contributed by atoms with E-state index in [4.69, 9.17) is 14.7 Å². The number of likely N-dealkylation sites (tertiary alicyclic amines) is 1. The second-order valence-corrected chi connectivity index (χ2v) is 5.79. The average molecular weight is 290 g/mol. The van der Waals surface area contributed by atoms with E-state index in [1.165, 1.54) is 12.8 Å². The summed E-state index contributed by atoms with van der Waals surface area (Å²) >= 11 is 0. The number of aromatic nitrogens is 2. The van der Waals surface area contributed by atoms with Crippen molar-refractivity contribution in [3.8, 4) is 11.5 Å². The predicted octanol–water partition coefficient (Wildman–Crippen LogP) is 2.35. The summed E-state index contributed by atoms with van der Waals surface area (Å²) in [6.07, 6.45) is 2.49. The van der Waals surface area contributed by atoms with Crippen molar-refractivity contribution in [2.45, 2.75) is 39.7 Å². The summed E-state index contributed by atoms with van der Waals surface area (Å²) in [7, 11) is 0. The maximum atomic E-state index is 6.20. The molecule has 1 aliphatic heterocycles. The van der Waals surface area contributed by atoms with Crippen LogP contribution in [0.1, 0.15) is 41.8 Å². The first-order valence-corrected chi connectivity index (χ1v) is 7.44. The molecule has 21 heavy (non-hydrogen) atoms. The Labute approximate surface area is 124 Å². The summed E-state index contributed by atoms with van der Waals surface area (Å²) < 4.78 is 11.0. The van der Waals surface area contributed by atoms with Gasteiger partial charge in [0.2, 0.25) is 0 Å². The van der Waals surface area contributed by atoms with E-state index in [0.29, 0.717) is 11.7 Å². The monoisotopic (exact) mass is 290 g/mol. The van der Waals surface area contributed by atoms with Crippen molar-refractivity contribution in [3.63, 3.8) is 0 Å². The van der Waals surface area contributed by atoms with E-state index in [1.54, 1.807) is 0 Å². The zero-order valence-corrected chi connectivity index (χ0v) is 12.8. The van der Waals surface area contributed by atoms with E-state index in [0.717, 1.165) is 42.3 Å². The topological polar surface area (TPSA) is 81.3 Å². The lowest BCUT2D eigenvalue weighted by Crippen LogP contribution is -2.30. The van der Waals surface area contributed by atoms with Crippen molar-refractivity contribution in [2.24, 2.45) is 5.73 Å². The Kier molecular flexibility index (Phi) is 3.82. The van der Waals surface area contributed by atoms with Gasteiger partial charge in [0.15, 0.2) is 5.82 Å². The molecule has 0 bridgehead atoms. The van der Waals surface area contributed by atoms with Crippen molar-refractivity contribution in [2.75, 3.05) is 19.6 Å². The molecule has 1 unspecified atom stereocenters. The van der Waals surface area contributed by atoms with Gasteiger partial charge in [-0.05, 0) is 46.7 Å². The van der Waals surface area contributed by atoms with Crippen molar-refractivity contribution < 1.29 is 8.94 Å². The van der Waals surface area contributed by atoms with Crippen LogP contribution in [0, 0.1) is 20.8 Å². The summed E-state index contributed by atoms with van der Waals surface area (Å²) in [5.41, 5.74) is 8.12. The molecule has 0 aliphatic carbocycles. The van der Waals surface area contributed by atoms with E-state index in [1.807, 2.05) is 20.8 Å². The van der Waals surface area contributed by atoms with Crippen molar-refractivity contribution in [3.05, 3.63) is 22.9 Å². The highest BCUT2D eigenvalue weighted by atomic mass is 16.5. The van der Waals surface area contributed by atoms with Gasteiger partial charge in [-0.25, -0.2) is 0 Å². The maximum absolute atomic E-state index is 6.20. The minimum absolute atomic E-state index is 0.214. The minimum atomic E-state index is -0.214. The highest BCUT2D eigenvalue weighted by Gasteiger charge is 2.23. The van der Waals surface area contributed by atoms with Gasteiger partial charge in [-0.1, -0.05) is 5.16 Å². The fourth-order valence-corrected chi connectivity index (χ4v) is 2.92. The van der Waals surface area contributed by atoms with Gasteiger partial charge in [-0.2, -0.15) is 4.98 Å². The van der Waals surface area contributed by atoms with Gasteiger partial charge in [0, 0.05) is 12.1 Å². The molecule has 1 fully saturated rings. The van der Waals surface area contributed by atoms with Crippen LogP contribution in [0.25, 0.3) is 11.5 Å². The Morgan fingerprint density at radius 1 is 1.19 bits per heavy atom. The molecular weight excluding hydrogens is 268 g/mol. The van der Waals surface area contributed by atoms with Crippen LogP contribution >= 0.6 is 0 Å². The predicted molar refractivity (Wildman–Crippen MR) is 78.8 cm³/mol. The molecule has 3 rings (SSSR count). The zero-order chi connectivity index (χ0) is 15.0. The van der Waals surface area contributed by atoms with E-state index in [2.05, 4.69) is 15.0 Å². The average Bonchev–Trinajstić information content (AvgIpc) is 3.13. The Morgan fingerprint density at radius 2 is 1.90 bits per heavy atom. The second-order valence-electron chi connectivity index (χ2n) is 5.79. The van der Waals surface area contributed by atoms with Gasteiger partial charge in [0.05, 0.1) is 11.6 Å². The van der Waals surface area contributed by atoms with Crippen LogP contribution in [0.2, 0.25) is 0 Å². The van der Waals surface area contributed by atoms with Crippen molar-refractivity contribution in [1.29, 1.82) is 0 Å². The summed E-state index contributed by atoms with van der Waals surface area (Å²) in [6, 6.07) is -0.214. The Bertz CT molecular complexity index is 626. The number of hydrogen-bond donors (Lipinski definition) is 1. The zero-order valence-electron chi connectivity index (χ0n) is 12.8. The van der Waals surface area contributed by atoms with Gasteiger partial charge in [0.25, 0.3) is 5.89 Å². The number of furan rings is 1. The van der Waals surface area contributed by atoms with Crippen molar-refractivity contribution >= 4 is 0 Å². The summed E-state index contributed by atoms with van der Waals surface area (Å²) in [4.78, 5) is 6.81. The lowest BCUT2D eigenvalue weighted by Gasteiger charge is -2.17. The number of nitrogens with two attached hydrogens (primary N) is 1. The highest BCUT2D eigenvalue weighted by molar-refractivity contribution is 5.61. The third-order valence-electron chi connectivity index (χ3n) is 4.20. The van der Waals surface area contributed by atoms with Crippen LogP contribution in [0.3, 0.4) is 0 Å². The van der Waals surface area contributed by atoms with E-state index >= 15 is 0 Å². The van der Waals surface area contributed by atoms with Gasteiger partial charge in [-0.3, -0.25) is 0 Å². The molecule has 2 aromatic heterocycles. The molecule has 0 radical (unpaired) electrons. The Hall–Kier alpha value is -1.66. The first kappa shape index (κ1) is 14.3. The van der Waals surface area contributed by atoms with Crippen LogP contribution < -0.4 is 5.73 Å². The quantitative estimate of drug-likeness (QED) is 0.931. The normalized spacial score (nSPS) is 17.5. The second kappa shape index (κ2) is 5.61. The first-order chi connectivity index (χ1) is 10.1. The largest absolute Gasteiger partial charge is 0.466 e. The van der Waals surface area contributed by atoms with Crippen LogP contribution in [0.4, 0.5) is 0 Å². The molecule has 2 aromatic rings. The van der Waals surface area contributed by atoms with Crippen molar-refractivity contribution in [1.82, 2.24) is 15.0 Å². The third-order valence-corrected chi connectivity index (χ3v) is 4.20. The number of nitrogens with zero attached hydrogens (tertiary/aromatic N) is 3. The molecule has 0 saturated carbocycles. The van der Waals surface area contributed by atoms with Crippen LogP contribution in [0.15, 0.2) is 8.94 Å². The van der Waals surface area contributed by atoms with E-state index < -0.39 is 0 Å². The molecule has 6 nitrogen and oxygen atoms in total. The minimum Gasteiger partial charge on any atom is -0.466 e. The summed E-state index contributed by atoms with van der Waals surface area (Å²) in [5.74, 6) is 2.74. The Balaban J connectivity index is 1.79. The molecule has 0 amide bonds. The molecule has 1 atom stereocenters. The smallest absolute Gasteiger partial charge is 0.261 e. The molecule has 0 aromatic carbocycles. The first-order valence-electron chi connectivity index (χ1n) is 7.44. The summed E-state index contributed by atoms with van der Waals surface area (Å²) in [5, 5.41) is 4.05. The molecule has 3 heterocycles. The molecular formula is C15H22N4O2. The third kappa shape index (κ3) is 2.73. The molecule has 1 aliphatic rings. The van der Waals surface area contributed by atoms with Crippen LogP contribution in [0.5, 0.6) is 0 Å². The van der Waals surface area contributed by atoms with Gasteiger partial charge in [0.1, 0.15) is 11.5 Å². The van der Waals surface area contributed by atoms with Gasteiger partial charge >= 0.3 is 0 Å². The Morgan fingerprint density at radius 3 is 2.52 bits per heavy atom. The van der Waals surface area contributed by atoms with Crippen LogP contribution in [-0.4, -0.2) is 34.7 Å². The summed E-state index contributed by atoms with van der Waals surface area (Å²) in [6.45, 7) is 8.83. The van der Waals surface area contributed by atoms with E-state index in [-0.39, 0.29) is 6.04 Å². The van der Waals surface area contributed by atoms with E-state index in [9.17, 15) is 0 Å². The van der Waals surface area contributed by atoms with Gasteiger partial charge < -0.3 is 19.6 Å². The standard InChI is InChI=1S/C15H22N4O2/c1-9-10(2)20-11(3)13(9)15-17-14(18-21-15)12(16)8-19-6-4-5-7-19/h12H,4-8,16H2,1-3H3. The molecule has 1 saturated heterocycles. The molecule has 0 spiro atoms. The lowest BCUT2D eigenvalue weighted by atomic mass is 10.1. The lowest BCUT2D eigenvalue weighted by molar-refractivity contribution is 0.306. The fraction of sp³-hybridized carbons (Fsp3) is 0.600. The molecule has 114 valence electrons. The maximum Gasteiger partial charge on any atom is 0.261 e. The fourth-order valence-electron chi connectivity index (χ4n) is 2.92. The number of rotatable bonds is 4.